The van der Waals surface area contributed by atoms with Crippen LogP contribution in [0.4, 0.5) is 0 Å². The van der Waals surface area contributed by atoms with Crippen LogP contribution in [0.25, 0.3) is 0 Å². The summed E-state index contributed by atoms with van der Waals surface area (Å²) in [6.45, 7) is 3.72. The number of rotatable bonds is 0. The van der Waals surface area contributed by atoms with Gasteiger partial charge in [0.25, 0.3) is 0 Å². The van der Waals surface area contributed by atoms with Crippen LogP contribution in [-0.2, 0) is 21.7 Å². The van der Waals surface area contributed by atoms with E-state index in [0.29, 0.717) is 0 Å². The van der Waals surface area contributed by atoms with Gasteiger partial charge in [0.05, 0.1) is 0 Å². The van der Waals surface area contributed by atoms with E-state index in [-0.39, 0.29) is 34.1 Å². The minimum Gasteiger partial charge on any atom is -0.273 e. The summed E-state index contributed by atoms with van der Waals surface area (Å²) in [6, 6.07) is 9.87. The molecule has 0 fully saturated rings. The predicted octanol–water partition coefficient (Wildman–Crippen LogP) is 4.90. The third kappa shape index (κ3) is 13.3. The number of hydrogen-bond donors (Lipinski definition) is 0. The minimum atomic E-state index is 0. The van der Waals surface area contributed by atoms with Gasteiger partial charge in [0.2, 0.25) is 0 Å². The van der Waals surface area contributed by atoms with Crippen molar-refractivity contribution in [2.45, 2.75) is 12.8 Å². The van der Waals surface area contributed by atoms with Crippen LogP contribution in [0.3, 0.4) is 0 Å². The molecule has 0 atom stereocenters. The van der Waals surface area contributed by atoms with Crippen molar-refractivity contribution in [2.75, 3.05) is 0 Å². The second-order valence-corrected chi connectivity index (χ2v) is 3.49. The molecule has 0 aliphatic heterocycles. The van der Waals surface area contributed by atoms with Crippen molar-refractivity contribution in [3.63, 3.8) is 0 Å². The molecule has 2 heteroatoms. The molecule has 0 heterocycles. The summed E-state index contributed by atoms with van der Waals surface area (Å²) in [5.74, 6) is 0. The molecule has 19 heavy (non-hydrogen) atoms. The summed E-state index contributed by atoms with van der Waals surface area (Å²) in [5, 5.41) is 0. The van der Waals surface area contributed by atoms with Gasteiger partial charge in [0.15, 0.2) is 0 Å². The molecular weight excluding hydrogens is 288 g/mol. The van der Waals surface area contributed by atoms with Gasteiger partial charge in [-0.25, -0.2) is 24.3 Å². The number of hydrogen-bond acceptors (Lipinski definition) is 0. The quantitative estimate of drug-likeness (QED) is 0.472. The van der Waals surface area contributed by atoms with Crippen molar-refractivity contribution in [2.24, 2.45) is 0 Å². The monoisotopic (exact) mass is 305 g/mol. The average molecular weight is 306 g/mol. The topological polar surface area (TPSA) is 0 Å². The number of allylic oxidation sites excluding steroid dienone is 8. The van der Waals surface area contributed by atoms with Crippen LogP contribution in [0, 0.1) is 19.1 Å². The van der Waals surface area contributed by atoms with E-state index in [9.17, 15) is 0 Å². The van der Waals surface area contributed by atoms with E-state index in [4.69, 9.17) is 0 Å². The molecule has 1 aromatic carbocycles. The SMILES string of the molecule is Cl.[C-]1=CC=CC1.[C-]1=CC=CC1.[CH2-]c1ccccc1.[Ti+3]. The first kappa shape index (κ1) is 20.4. The molecule has 2 aliphatic rings. The largest absolute Gasteiger partial charge is 3.00 e. The summed E-state index contributed by atoms with van der Waals surface area (Å²) in [4.78, 5) is 0. The van der Waals surface area contributed by atoms with Crippen molar-refractivity contribution in [3.05, 3.63) is 91.4 Å². The Labute approximate surface area is 138 Å². The molecule has 2 aliphatic carbocycles. The van der Waals surface area contributed by atoms with E-state index in [1.54, 1.807) is 0 Å². The zero-order valence-corrected chi connectivity index (χ0v) is 13.3. The van der Waals surface area contributed by atoms with E-state index in [1.165, 1.54) is 0 Å². The molecule has 3 rings (SSSR count). The Balaban J connectivity index is 0. The van der Waals surface area contributed by atoms with Crippen molar-refractivity contribution in [1.29, 1.82) is 0 Å². The molecule has 97 valence electrons. The van der Waals surface area contributed by atoms with Gasteiger partial charge in [-0.15, -0.1) is 37.4 Å². The Bertz CT molecular complexity index is 361. The first-order chi connectivity index (χ1) is 8.39. The molecule has 0 unspecified atom stereocenters. The second kappa shape index (κ2) is 15.1. The van der Waals surface area contributed by atoms with Gasteiger partial charge >= 0.3 is 21.7 Å². The summed E-state index contributed by atoms with van der Waals surface area (Å²) in [6.07, 6.45) is 20.0. The van der Waals surface area contributed by atoms with Gasteiger partial charge in [-0.2, -0.15) is 36.8 Å². The van der Waals surface area contributed by atoms with Crippen molar-refractivity contribution in [3.8, 4) is 0 Å². The van der Waals surface area contributed by atoms with E-state index in [0.717, 1.165) is 18.4 Å². The van der Waals surface area contributed by atoms with E-state index in [1.807, 2.05) is 54.6 Å². The maximum atomic E-state index is 3.72. The fourth-order valence-electron chi connectivity index (χ4n) is 1.16. The fraction of sp³-hybridized carbons (Fsp3) is 0.118. The maximum absolute atomic E-state index is 3.72. The van der Waals surface area contributed by atoms with Crippen LogP contribution in [0.1, 0.15) is 18.4 Å². The van der Waals surface area contributed by atoms with Crippen LogP contribution in [0.15, 0.2) is 66.8 Å². The summed E-state index contributed by atoms with van der Waals surface area (Å²) >= 11 is 0. The molecule has 1 radical (unpaired) electrons. The summed E-state index contributed by atoms with van der Waals surface area (Å²) in [5.41, 5.74) is 1.07. The zero-order chi connectivity index (χ0) is 12.2. The van der Waals surface area contributed by atoms with Crippen LogP contribution >= 0.6 is 12.4 Å². The van der Waals surface area contributed by atoms with Crippen LogP contribution in [-0.4, -0.2) is 0 Å². The second-order valence-electron chi connectivity index (χ2n) is 3.49. The van der Waals surface area contributed by atoms with Crippen LogP contribution < -0.4 is 0 Å². The van der Waals surface area contributed by atoms with E-state index in [2.05, 4.69) is 31.2 Å². The normalized spacial score (nSPS) is 12.4. The molecular formula is C17H18ClTi. The molecule has 0 saturated carbocycles. The molecule has 0 nitrogen and oxygen atoms in total. The Morgan fingerprint density at radius 3 is 1.47 bits per heavy atom. The summed E-state index contributed by atoms with van der Waals surface area (Å²) < 4.78 is 0. The van der Waals surface area contributed by atoms with Crippen molar-refractivity contribution < 1.29 is 21.7 Å². The Morgan fingerprint density at radius 2 is 1.32 bits per heavy atom. The zero-order valence-electron chi connectivity index (χ0n) is 10.9. The number of benzene rings is 1. The van der Waals surface area contributed by atoms with Crippen molar-refractivity contribution >= 4 is 12.4 Å². The first-order valence-corrected chi connectivity index (χ1v) is 5.70. The molecule has 0 saturated heterocycles. The van der Waals surface area contributed by atoms with Crippen LogP contribution in [0.5, 0.6) is 0 Å². The molecule has 0 aromatic heterocycles. The van der Waals surface area contributed by atoms with Gasteiger partial charge in [-0.3, -0.25) is 12.2 Å². The van der Waals surface area contributed by atoms with Gasteiger partial charge in [-0.05, 0) is 0 Å². The minimum absolute atomic E-state index is 0. The van der Waals surface area contributed by atoms with Crippen LogP contribution in [0.2, 0.25) is 0 Å². The molecule has 0 bridgehead atoms. The third-order valence-electron chi connectivity index (χ3n) is 2.01. The standard InChI is InChI=1S/C7H7.2C5H5.ClH.Ti/c1-7-5-3-2-4-6-7;2*1-2-4-5-3-1;;/h2-6H,1H2;2*1-3H,4H2;1H;/q3*-1;;+3. The van der Waals surface area contributed by atoms with E-state index >= 15 is 0 Å². The average Bonchev–Trinajstić information content (AvgIpc) is 3.09. The molecule has 0 spiro atoms. The fourth-order valence-corrected chi connectivity index (χ4v) is 1.16. The molecule has 0 amide bonds. The Hall–Kier alpha value is -0.946. The van der Waals surface area contributed by atoms with Gasteiger partial charge < -0.3 is 0 Å². The Morgan fingerprint density at radius 1 is 0.842 bits per heavy atom. The predicted molar refractivity (Wildman–Crippen MR) is 81.3 cm³/mol. The maximum Gasteiger partial charge on any atom is 3.00 e. The Kier molecular flexibility index (Phi) is 16.2. The van der Waals surface area contributed by atoms with Crippen molar-refractivity contribution in [1.82, 2.24) is 0 Å². The van der Waals surface area contributed by atoms with Gasteiger partial charge in [0, 0.05) is 0 Å². The number of halogens is 1. The first-order valence-electron chi connectivity index (χ1n) is 5.70. The third-order valence-corrected chi connectivity index (χ3v) is 2.01. The molecule has 0 N–H and O–H groups in total. The van der Waals surface area contributed by atoms with Gasteiger partial charge in [-0.1, -0.05) is 6.07 Å². The molecule has 1 aromatic rings. The summed E-state index contributed by atoms with van der Waals surface area (Å²) in [7, 11) is 0. The van der Waals surface area contributed by atoms with E-state index < -0.39 is 0 Å². The smallest absolute Gasteiger partial charge is 0.273 e. The van der Waals surface area contributed by atoms with Gasteiger partial charge in [0.1, 0.15) is 0 Å².